The zero-order chi connectivity index (χ0) is 23.4. The van der Waals surface area contributed by atoms with E-state index in [9.17, 15) is 0 Å². The second-order valence-electron chi connectivity index (χ2n) is 12.8. The van der Waals surface area contributed by atoms with E-state index in [0.29, 0.717) is 5.92 Å². The molecule has 1 aliphatic carbocycles. The molecule has 168 valence electrons. The van der Waals surface area contributed by atoms with Crippen LogP contribution >= 0.6 is 0 Å². The first kappa shape index (κ1) is 24.3. The minimum Gasteiger partial charge on any atom is -0.0656 e. The first-order valence-electron chi connectivity index (χ1n) is 12.2. The van der Waals surface area contributed by atoms with Gasteiger partial charge in [0, 0.05) is 0 Å². The van der Waals surface area contributed by atoms with Crippen LogP contribution in [0.1, 0.15) is 57.7 Å². The van der Waals surface area contributed by atoms with Gasteiger partial charge in [-0.3, -0.25) is 0 Å². The van der Waals surface area contributed by atoms with E-state index < -0.39 is 16.1 Å². The largest absolute Gasteiger partial charge is 0.0776 e. The average Bonchev–Trinajstić information content (AvgIpc) is 3.08. The van der Waals surface area contributed by atoms with Crippen molar-refractivity contribution in [3.8, 4) is 11.1 Å². The van der Waals surface area contributed by atoms with E-state index in [1.165, 1.54) is 34.2 Å². The van der Waals surface area contributed by atoms with Crippen LogP contribution in [0.3, 0.4) is 0 Å². The lowest BCUT2D eigenvalue weighted by Crippen LogP contribution is -2.45. The molecule has 1 unspecified atom stereocenters. The van der Waals surface area contributed by atoms with Crippen molar-refractivity contribution < 1.29 is 0 Å². The van der Waals surface area contributed by atoms with Gasteiger partial charge in [-0.05, 0) is 52.0 Å². The van der Waals surface area contributed by atoms with E-state index in [1.807, 2.05) is 0 Å². The third-order valence-corrected chi connectivity index (χ3v) is 11.1. The second-order valence-corrected chi connectivity index (χ2v) is 23.0. The number of hydrogen-bond acceptors (Lipinski definition) is 0. The molecule has 0 fully saturated rings. The molecule has 0 N–H and O–H groups in total. The Kier molecular flexibility index (Phi) is 6.41. The van der Waals surface area contributed by atoms with E-state index in [1.54, 1.807) is 15.9 Å². The third-order valence-electron chi connectivity index (χ3n) is 7.07. The van der Waals surface area contributed by atoms with Crippen molar-refractivity contribution in [3.63, 3.8) is 0 Å². The van der Waals surface area contributed by atoms with Crippen molar-refractivity contribution in [3.05, 3.63) is 52.6 Å². The van der Waals surface area contributed by atoms with Crippen LogP contribution in [0.25, 0.3) is 17.2 Å². The molecular formula is C29H44Si2. The van der Waals surface area contributed by atoms with Crippen LogP contribution in [-0.2, 0) is 11.8 Å². The highest BCUT2D eigenvalue weighted by molar-refractivity contribution is 6.91. The first-order valence-corrected chi connectivity index (χ1v) is 19.2. The third kappa shape index (κ3) is 5.01. The zero-order valence-electron chi connectivity index (χ0n) is 22.0. The average molecular weight is 449 g/mol. The van der Waals surface area contributed by atoms with Gasteiger partial charge in [0.2, 0.25) is 0 Å². The maximum absolute atomic E-state index is 2.56. The van der Waals surface area contributed by atoms with Crippen LogP contribution in [0.4, 0.5) is 0 Å². The summed E-state index contributed by atoms with van der Waals surface area (Å²) in [6.07, 6.45) is 4.88. The van der Waals surface area contributed by atoms with Crippen molar-refractivity contribution in [2.24, 2.45) is 5.92 Å². The van der Waals surface area contributed by atoms with Gasteiger partial charge in [0.1, 0.15) is 0 Å². The van der Waals surface area contributed by atoms with Crippen molar-refractivity contribution in [1.29, 1.82) is 0 Å². The number of rotatable bonds is 5. The van der Waals surface area contributed by atoms with Gasteiger partial charge >= 0.3 is 0 Å². The Morgan fingerprint density at radius 3 is 1.87 bits per heavy atom. The van der Waals surface area contributed by atoms with Crippen LogP contribution < -0.4 is 10.4 Å². The van der Waals surface area contributed by atoms with E-state index in [2.05, 4.69) is 110 Å². The molecule has 1 aliphatic rings. The summed E-state index contributed by atoms with van der Waals surface area (Å²) in [5, 5.41) is 3.20. The smallest absolute Gasteiger partial charge is 0.0656 e. The molecule has 1 atom stereocenters. The molecule has 3 rings (SSSR count). The molecule has 0 bridgehead atoms. The van der Waals surface area contributed by atoms with Crippen LogP contribution in [0.2, 0.25) is 39.3 Å². The van der Waals surface area contributed by atoms with Crippen LogP contribution in [-0.4, -0.2) is 16.1 Å². The van der Waals surface area contributed by atoms with Crippen molar-refractivity contribution in [2.45, 2.75) is 92.2 Å². The SMILES string of the molecule is CCC(C)C1=Cc2c(ccc(C(C)(C)C)c2-c2cc([Si](C)(C)C)cc([Si](C)(C)C)c2)C1. The van der Waals surface area contributed by atoms with Crippen LogP contribution in [0.5, 0.6) is 0 Å². The normalized spacial score (nSPS) is 15.6. The van der Waals surface area contributed by atoms with E-state index in [0.717, 1.165) is 6.42 Å². The number of fused-ring (bicyclic) bond motifs is 1. The van der Waals surface area contributed by atoms with Gasteiger partial charge in [-0.1, -0.05) is 126 Å². The van der Waals surface area contributed by atoms with Crippen molar-refractivity contribution in [2.75, 3.05) is 0 Å². The molecular weight excluding hydrogens is 404 g/mol. The molecule has 0 saturated carbocycles. The highest BCUT2D eigenvalue weighted by Gasteiger charge is 2.29. The molecule has 0 aromatic heterocycles. The van der Waals surface area contributed by atoms with Crippen LogP contribution in [0, 0.1) is 5.92 Å². The monoisotopic (exact) mass is 448 g/mol. The van der Waals surface area contributed by atoms with Crippen LogP contribution in [0.15, 0.2) is 35.9 Å². The quantitative estimate of drug-likeness (QED) is 0.410. The highest BCUT2D eigenvalue weighted by Crippen LogP contribution is 2.42. The lowest BCUT2D eigenvalue weighted by atomic mass is 9.79. The Labute approximate surface area is 194 Å². The second kappa shape index (κ2) is 8.19. The standard InChI is InChI=1S/C29H44Si2/c1-12-20(2)22-15-21-13-14-27(29(3,4)5)28(26(21)18-22)23-16-24(30(6,7)8)19-25(17-23)31(9,10)11/h13-14,16-20H,12,15H2,1-11H3. The van der Waals surface area contributed by atoms with Gasteiger partial charge in [0.15, 0.2) is 0 Å². The maximum atomic E-state index is 2.56. The lowest BCUT2D eigenvalue weighted by Gasteiger charge is -2.28. The Morgan fingerprint density at radius 1 is 0.871 bits per heavy atom. The minimum atomic E-state index is -1.43. The Bertz CT molecular complexity index is 972. The predicted octanol–water partition coefficient (Wildman–Crippen LogP) is 7.73. The van der Waals surface area contributed by atoms with Crippen molar-refractivity contribution >= 4 is 32.6 Å². The molecule has 2 aromatic rings. The molecule has 0 heterocycles. The van der Waals surface area contributed by atoms with Gasteiger partial charge in [-0.25, -0.2) is 0 Å². The van der Waals surface area contributed by atoms with E-state index >= 15 is 0 Å². The minimum absolute atomic E-state index is 0.117. The summed E-state index contributed by atoms with van der Waals surface area (Å²) in [7, 11) is -2.85. The van der Waals surface area contributed by atoms with Crippen molar-refractivity contribution in [1.82, 2.24) is 0 Å². The molecule has 31 heavy (non-hydrogen) atoms. The topological polar surface area (TPSA) is 0 Å². The molecule has 2 heteroatoms. The first-order chi connectivity index (χ1) is 14.1. The zero-order valence-corrected chi connectivity index (χ0v) is 24.0. The Hall–Kier alpha value is -1.39. The fourth-order valence-electron chi connectivity index (χ4n) is 4.59. The summed E-state index contributed by atoms with van der Waals surface area (Å²) in [6, 6.07) is 12.5. The van der Waals surface area contributed by atoms with Gasteiger partial charge in [0.25, 0.3) is 0 Å². The summed E-state index contributed by atoms with van der Waals surface area (Å²) >= 11 is 0. The molecule has 0 amide bonds. The maximum Gasteiger partial charge on any atom is 0.0776 e. The molecule has 0 spiro atoms. The number of benzene rings is 2. The molecule has 0 nitrogen and oxygen atoms in total. The van der Waals surface area contributed by atoms with E-state index in [4.69, 9.17) is 0 Å². The number of allylic oxidation sites excluding steroid dienone is 1. The Balaban J connectivity index is 2.37. The summed E-state index contributed by atoms with van der Waals surface area (Å²) < 4.78 is 0. The summed E-state index contributed by atoms with van der Waals surface area (Å²) in [5.41, 5.74) is 9.19. The lowest BCUT2D eigenvalue weighted by molar-refractivity contribution is 0.591. The molecule has 0 saturated heterocycles. The summed E-state index contributed by atoms with van der Waals surface area (Å²) in [6.45, 7) is 26.7. The molecule has 0 radical (unpaired) electrons. The number of hydrogen-bond donors (Lipinski definition) is 0. The Morgan fingerprint density at radius 2 is 1.42 bits per heavy atom. The van der Waals surface area contributed by atoms with Gasteiger partial charge in [-0.2, -0.15) is 0 Å². The predicted molar refractivity (Wildman–Crippen MR) is 148 cm³/mol. The summed E-state index contributed by atoms with van der Waals surface area (Å²) in [5.74, 6) is 0.657. The van der Waals surface area contributed by atoms with Gasteiger partial charge < -0.3 is 0 Å². The van der Waals surface area contributed by atoms with Gasteiger partial charge in [0.05, 0.1) is 16.1 Å². The molecule has 0 aliphatic heterocycles. The van der Waals surface area contributed by atoms with Gasteiger partial charge in [-0.15, -0.1) is 0 Å². The summed E-state index contributed by atoms with van der Waals surface area (Å²) in [4.78, 5) is 0. The fourth-order valence-corrected chi connectivity index (χ4v) is 7.09. The van der Waals surface area contributed by atoms with E-state index in [-0.39, 0.29) is 5.41 Å². The highest BCUT2D eigenvalue weighted by atomic mass is 28.3. The molecule has 2 aromatic carbocycles. The fraction of sp³-hybridized carbons (Fsp3) is 0.517.